The topological polar surface area (TPSA) is 104 Å². The number of benzene rings is 1. The number of thiazole rings is 1. The van der Waals surface area contributed by atoms with Crippen LogP contribution in [0.25, 0.3) is 16.8 Å². The van der Waals surface area contributed by atoms with E-state index in [1.807, 2.05) is 16.5 Å². The number of aromatic nitrogens is 3. The lowest BCUT2D eigenvalue weighted by Gasteiger charge is -2.37. The van der Waals surface area contributed by atoms with Crippen LogP contribution in [-0.2, 0) is 0 Å². The molecule has 1 aromatic carbocycles. The third-order valence-electron chi connectivity index (χ3n) is 7.74. The van der Waals surface area contributed by atoms with Crippen LogP contribution in [0.3, 0.4) is 0 Å². The summed E-state index contributed by atoms with van der Waals surface area (Å²) in [6, 6.07) is 12.7. The Labute approximate surface area is 236 Å². The number of halogens is 1. The van der Waals surface area contributed by atoms with Gasteiger partial charge in [0, 0.05) is 62.6 Å². The van der Waals surface area contributed by atoms with Crippen molar-refractivity contribution < 1.29 is 14.6 Å². The number of hydrogen-bond donors (Lipinski definition) is 2. The van der Waals surface area contributed by atoms with Crippen LogP contribution in [0.2, 0.25) is 0 Å². The molecular weight excluding hydrogens is 529 g/mol. The van der Waals surface area contributed by atoms with Gasteiger partial charge in [-0.1, -0.05) is 11.3 Å². The zero-order chi connectivity index (χ0) is 28.0. The number of aliphatic hydroxyl groups excluding tert-OH is 2. The van der Waals surface area contributed by atoms with Gasteiger partial charge in [-0.25, -0.2) is 13.9 Å². The summed E-state index contributed by atoms with van der Waals surface area (Å²) in [6.45, 7) is 5.58. The fourth-order valence-electron chi connectivity index (χ4n) is 5.43. The molecule has 1 saturated heterocycles. The molecule has 4 aromatic rings. The third-order valence-corrected chi connectivity index (χ3v) is 8.77. The van der Waals surface area contributed by atoms with E-state index < -0.39 is 6.10 Å². The van der Waals surface area contributed by atoms with E-state index in [9.17, 15) is 19.9 Å². The summed E-state index contributed by atoms with van der Waals surface area (Å²) in [5.74, 6) is 0.0688. The van der Waals surface area contributed by atoms with Crippen molar-refractivity contribution in [1.82, 2.24) is 19.5 Å². The van der Waals surface area contributed by atoms with Crippen LogP contribution in [-0.4, -0.2) is 82.2 Å². The maximum absolute atomic E-state index is 13.5. The zero-order valence-corrected chi connectivity index (χ0v) is 23.4. The minimum absolute atomic E-state index is 0.225. The molecule has 6 rings (SSSR count). The molecule has 0 radical (unpaired) electrons. The van der Waals surface area contributed by atoms with Gasteiger partial charge >= 0.3 is 0 Å². The highest BCUT2D eigenvalue weighted by Crippen LogP contribution is 2.48. The second-order valence-corrected chi connectivity index (χ2v) is 11.6. The lowest BCUT2D eigenvalue weighted by Crippen LogP contribution is -2.49. The van der Waals surface area contributed by atoms with Crippen molar-refractivity contribution >= 4 is 33.4 Å². The number of pyridine rings is 1. The number of hydrogen-bond acceptors (Lipinski definition) is 9. The number of anilines is 3. The van der Waals surface area contributed by atoms with E-state index in [4.69, 9.17) is 10.1 Å². The van der Waals surface area contributed by atoms with Gasteiger partial charge in [0.25, 0.3) is 0 Å². The maximum atomic E-state index is 13.5. The fourth-order valence-corrected chi connectivity index (χ4v) is 6.28. The van der Waals surface area contributed by atoms with Gasteiger partial charge in [0.15, 0.2) is 5.13 Å². The molecule has 2 aliphatic rings. The number of fused-ring (bicyclic) bond motifs is 1. The average Bonchev–Trinajstić information content (AvgIpc) is 3.60. The Kier molecular flexibility index (Phi) is 7.18. The first-order valence-electron chi connectivity index (χ1n) is 13.6. The number of aliphatic hydroxyl groups is 2. The molecule has 1 atom stereocenters. The Hall–Kier alpha value is -3.56. The molecule has 0 unspecified atom stereocenters. The second-order valence-electron chi connectivity index (χ2n) is 10.6. The van der Waals surface area contributed by atoms with E-state index in [0.29, 0.717) is 33.7 Å². The van der Waals surface area contributed by atoms with Crippen molar-refractivity contribution in [2.45, 2.75) is 31.8 Å². The van der Waals surface area contributed by atoms with E-state index in [2.05, 4.69) is 34.9 Å². The lowest BCUT2D eigenvalue weighted by molar-refractivity contribution is 0.0575. The smallest absolute Gasteiger partial charge is 0.191 e. The number of piperazine rings is 1. The molecule has 1 aliphatic carbocycles. The first-order valence-corrected chi connectivity index (χ1v) is 14.4. The summed E-state index contributed by atoms with van der Waals surface area (Å²) in [4.78, 5) is 11.9. The molecule has 40 heavy (non-hydrogen) atoms. The van der Waals surface area contributed by atoms with Crippen molar-refractivity contribution in [2.75, 3.05) is 56.2 Å². The van der Waals surface area contributed by atoms with Gasteiger partial charge in [0.1, 0.15) is 22.5 Å². The molecule has 9 nitrogen and oxygen atoms in total. The van der Waals surface area contributed by atoms with Crippen molar-refractivity contribution in [3.05, 3.63) is 58.5 Å². The van der Waals surface area contributed by atoms with Crippen molar-refractivity contribution in [1.29, 1.82) is 5.26 Å². The molecular formula is C29H32FN7O2S. The van der Waals surface area contributed by atoms with E-state index in [0.717, 1.165) is 67.3 Å². The van der Waals surface area contributed by atoms with Gasteiger partial charge in [-0.3, -0.25) is 4.90 Å². The highest BCUT2D eigenvalue weighted by atomic mass is 32.1. The summed E-state index contributed by atoms with van der Waals surface area (Å²) >= 11 is 1.33. The molecule has 0 spiro atoms. The number of nitriles is 1. The Morgan fingerprint density at radius 1 is 1.18 bits per heavy atom. The average molecular weight is 562 g/mol. The first-order chi connectivity index (χ1) is 19.4. The minimum atomic E-state index is -0.716. The van der Waals surface area contributed by atoms with Crippen LogP contribution in [0.1, 0.15) is 35.0 Å². The van der Waals surface area contributed by atoms with Crippen molar-refractivity contribution in [2.24, 2.45) is 0 Å². The maximum Gasteiger partial charge on any atom is 0.191 e. The fraction of sp³-hybridized carbons (Fsp3) is 0.414. The standard InChI is InChI=1S/C29H32FN7O2S/c1-18-13-22(36-11-9-35(10-12-36)16-23(39)17-38)14-24-28(27(20-3-4-20)33-37(18)24)34(2)29-32-26(25(15-31)40-29)19-5-7-21(30)8-6-19/h5-8,13-14,20,23,38-39H,3-4,9-12,16-17H2,1-2H3/t23-/m0/s1. The molecule has 0 bridgehead atoms. The summed E-state index contributed by atoms with van der Waals surface area (Å²) in [7, 11) is 1.98. The van der Waals surface area contributed by atoms with E-state index in [1.165, 1.54) is 23.5 Å². The molecule has 0 amide bonds. The van der Waals surface area contributed by atoms with Crippen LogP contribution >= 0.6 is 11.3 Å². The number of rotatable bonds is 8. The highest BCUT2D eigenvalue weighted by molar-refractivity contribution is 7.16. The van der Waals surface area contributed by atoms with Crippen LogP contribution in [0.15, 0.2) is 36.4 Å². The van der Waals surface area contributed by atoms with E-state index >= 15 is 0 Å². The second kappa shape index (κ2) is 10.8. The zero-order valence-electron chi connectivity index (χ0n) is 22.6. The number of β-amino-alcohol motifs (C(OH)–C–C–N with tert-alkyl or cyclic N) is 1. The molecule has 3 aromatic heterocycles. The van der Waals surface area contributed by atoms with Gasteiger partial charge in [-0.05, 0) is 56.2 Å². The normalized spacial score (nSPS) is 16.9. The molecule has 1 saturated carbocycles. The van der Waals surface area contributed by atoms with E-state index in [1.54, 1.807) is 12.1 Å². The van der Waals surface area contributed by atoms with Gasteiger partial charge in [0.2, 0.25) is 0 Å². The number of aryl methyl sites for hydroxylation is 1. The van der Waals surface area contributed by atoms with E-state index in [-0.39, 0.29) is 12.4 Å². The monoisotopic (exact) mass is 561 g/mol. The van der Waals surface area contributed by atoms with Gasteiger partial charge < -0.3 is 20.0 Å². The Balaban J connectivity index is 1.36. The number of nitrogens with zero attached hydrogens (tertiary/aromatic N) is 7. The summed E-state index contributed by atoms with van der Waals surface area (Å²) in [5, 5.41) is 34.6. The molecule has 2 fully saturated rings. The molecule has 4 heterocycles. The summed E-state index contributed by atoms with van der Waals surface area (Å²) < 4.78 is 15.5. The van der Waals surface area contributed by atoms with Gasteiger partial charge in [-0.2, -0.15) is 10.4 Å². The molecule has 1 aliphatic heterocycles. The predicted molar refractivity (Wildman–Crippen MR) is 154 cm³/mol. The Morgan fingerprint density at radius 3 is 2.55 bits per heavy atom. The van der Waals surface area contributed by atoms with Crippen LogP contribution in [0, 0.1) is 24.1 Å². The minimum Gasteiger partial charge on any atom is -0.394 e. The van der Waals surface area contributed by atoms with Crippen LogP contribution in [0.5, 0.6) is 0 Å². The highest BCUT2D eigenvalue weighted by Gasteiger charge is 2.34. The quantitative estimate of drug-likeness (QED) is 0.334. The van der Waals surface area contributed by atoms with Crippen LogP contribution < -0.4 is 9.80 Å². The van der Waals surface area contributed by atoms with Gasteiger partial charge in [0.05, 0.1) is 29.6 Å². The summed E-state index contributed by atoms with van der Waals surface area (Å²) in [6.07, 6.45) is 1.48. The van der Waals surface area contributed by atoms with Gasteiger partial charge in [-0.15, -0.1) is 0 Å². The first kappa shape index (κ1) is 26.7. The Bertz CT molecular complexity index is 1570. The molecule has 2 N–H and O–H groups in total. The largest absolute Gasteiger partial charge is 0.394 e. The predicted octanol–water partition coefficient (Wildman–Crippen LogP) is 3.90. The molecule has 208 valence electrons. The summed E-state index contributed by atoms with van der Waals surface area (Å²) in [5.41, 5.74) is 6.46. The SMILES string of the molecule is Cc1cc(N2CCN(C[C@H](O)CO)CC2)cc2c(N(C)c3nc(-c4ccc(F)cc4)c(C#N)s3)c(C3CC3)nn12. The third kappa shape index (κ3) is 5.04. The molecule has 11 heteroatoms. The van der Waals surface area contributed by atoms with Crippen molar-refractivity contribution in [3.8, 4) is 17.3 Å². The Morgan fingerprint density at radius 2 is 1.90 bits per heavy atom. The lowest BCUT2D eigenvalue weighted by atomic mass is 10.1. The van der Waals surface area contributed by atoms with Crippen molar-refractivity contribution in [3.63, 3.8) is 0 Å². The van der Waals surface area contributed by atoms with Crippen LogP contribution in [0.4, 0.5) is 20.9 Å².